The van der Waals surface area contributed by atoms with Crippen LogP contribution in [-0.2, 0) is 4.74 Å². The van der Waals surface area contributed by atoms with Crippen molar-refractivity contribution in [2.75, 3.05) is 18.1 Å². The summed E-state index contributed by atoms with van der Waals surface area (Å²) in [6.45, 7) is 0.713. The average molecular weight is 197 g/mol. The molecule has 1 aliphatic rings. The smallest absolute Gasteiger partial charge is 0.414 e. The van der Waals surface area contributed by atoms with Gasteiger partial charge in [-0.2, -0.15) is 0 Å². The minimum absolute atomic E-state index is 0.307. The maximum atomic E-state index is 12.9. The lowest BCUT2D eigenvalue weighted by atomic mass is 10.2. The number of carbonyl (C=O) groups is 1. The van der Waals surface area contributed by atoms with E-state index in [0.717, 1.165) is 6.07 Å². The number of cyclic esters (lactones) is 1. The fourth-order valence-electron chi connectivity index (χ4n) is 1.29. The molecule has 74 valence electrons. The highest BCUT2D eigenvalue weighted by Crippen LogP contribution is 2.24. The molecule has 1 heterocycles. The molecule has 1 aromatic rings. The molecule has 0 atom stereocenters. The highest BCUT2D eigenvalue weighted by molar-refractivity contribution is 5.89. The van der Waals surface area contributed by atoms with Crippen LogP contribution in [0, 0.1) is 5.82 Å². The number of benzene rings is 1. The number of anilines is 1. The van der Waals surface area contributed by atoms with E-state index < -0.39 is 17.7 Å². The second kappa shape index (κ2) is 3.17. The van der Waals surface area contributed by atoms with Crippen LogP contribution in [0.25, 0.3) is 0 Å². The number of amides is 1. The quantitative estimate of drug-likeness (QED) is 0.741. The van der Waals surface area contributed by atoms with Crippen LogP contribution >= 0.6 is 0 Å². The summed E-state index contributed by atoms with van der Waals surface area (Å²) in [6, 6.07) is 3.77. The van der Waals surface area contributed by atoms with E-state index in [4.69, 9.17) is 9.84 Å². The first kappa shape index (κ1) is 8.80. The summed E-state index contributed by atoms with van der Waals surface area (Å²) in [5, 5.41) is 8.94. The molecule has 14 heavy (non-hydrogen) atoms. The van der Waals surface area contributed by atoms with E-state index in [9.17, 15) is 9.18 Å². The molecule has 0 aliphatic carbocycles. The van der Waals surface area contributed by atoms with E-state index in [1.807, 2.05) is 0 Å². The van der Waals surface area contributed by atoms with Crippen molar-refractivity contribution in [3.8, 4) is 5.75 Å². The van der Waals surface area contributed by atoms with Crippen molar-refractivity contribution in [2.24, 2.45) is 0 Å². The molecule has 1 aliphatic heterocycles. The van der Waals surface area contributed by atoms with Crippen LogP contribution < -0.4 is 4.90 Å². The van der Waals surface area contributed by atoms with E-state index >= 15 is 0 Å². The van der Waals surface area contributed by atoms with Gasteiger partial charge < -0.3 is 9.84 Å². The van der Waals surface area contributed by atoms with Crippen molar-refractivity contribution in [3.05, 3.63) is 24.0 Å². The fraction of sp³-hybridized carbons (Fsp3) is 0.222. The van der Waals surface area contributed by atoms with E-state index in [2.05, 4.69) is 0 Å². The van der Waals surface area contributed by atoms with Crippen molar-refractivity contribution >= 4 is 11.8 Å². The highest BCUT2D eigenvalue weighted by Gasteiger charge is 2.24. The Labute approximate surface area is 79.5 Å². The first-order valence-electron chi connectivity index (χ1n) is 4.11. The maximum absolute atomic E-state index is 12.9. The largest absolute Gasteiger partial charge is 0.505 e. The molecule has 0 aromatic heterocycles. The average Bonchev–Trinajstić information content (AvgIpc) is 2.57. The molecule has 1 N–H and O–H groups in total. The SMILES string of the molecule is O=C1OCCN1c1ccc(O)c(F)c1. The highest BCUT2D eigenvalue weighted by atomic mass is 19.1. The maximum Gasteiger partial charge on any atom is 0.414 e. The number of halogens is 1. The number of nitrogens with zero attached hydrogens (tertiary/aromatic N) is 1. The summed E-state index contributed by atoms with van der Waals surface area (Å²) in [7, 11) is 0. The number of hydrogen-bond acceptors (Lipinski definition) is 3. The Morgan fingerprint density at radius 3 is 2.86 bits per heavy atom. The number of aromatic hydroxyl groups is 1. The van der Waals surface area contributed by atoms with Gasteiger partial charge in [0.05, 0.1) is 12.2 Å². The van der Waals surface area contributed by atoms with Crippen LogP contribution in [0.15, 0.2) is 18.2 Å². The predicted molar refractivity (Wildman–Crippen MR) is 46.8 cm³/mol. The zero-order chi connectivity index (χ0) is 10.1. The molecule has 0 radical (unpaired) electrons. The molecule has 5 heteroatoms. The number of phenolic OH excluding ortho intramolecular Hbond substituents is 1. The van der Waals surface area contributed by atoms with Gasteiger partial charge in [0.15, 0.2) is 11.6 Å². The zero-order valence-corrected chi connectivity index (χ0v) is 7.24. The van der Waals surface area contributed by atoms with Gasteiger partial charge in [-0.1, -0.05) is 0 Å². The van der Waals surface area contributed by atoms with Gasteiger partial charge in [0.1, 0.15) is 6.61 Å². The first-order valence-corrected chi connectivity index (χ1v) is 4.11. The lowest BCUT2D eigenvalue weighted by molar-refractivity contribution is 0.181. The third kappa shape index (κ3) is 1.37. The monoisotopic (exact) mass is 197 g/mol. The van der Waals surface area contributed by atoms with Crippen LogP contribution in [0.4, 0.5) is 14.9 Å². The lowest BCUT2D eigenvalue weighted by Gasteiger charge is -2.12. The normalized spacial score (nSPS) is 15.8. The van der Waals surface area contributed by atoms with Crippen LogP contribution in [0.3, 0.4) is 0 Å². The third-order valence-electron chi connectivity index (χ3n) is 2.00. The third-order valence-corrected chi connectivity index (χ3v) is 2.00. The van der Waals surface area contributed by atoms with Gasteiger partial charge in [-0.25, -0.2) is 9.18 Å². The van der Waals surface area contributed by atoms with Gasteiger partial charge in [-0.3, -0.25) is 4.90 Å². The summed E-state index contributed by atoms with van der Waals surface area (Å²) in [6.07, 6.45) is -0.491. The topological polar surface area (TPSA) is 49.8 Å². The van der Waals surface area contributed by atoms with E-state index in [0.29, 0.717) is 18.8 Å². The van der Waals surface area contributed by atoms with Gasteiger partial charge in [0.2, 0.25) is 0 Å². The molecule has 1 aromatic carbocycles. The molecule has 1 saturated heterocycles. The molecule has 1 amide bonds. The summed E-state index contributed by atoms with van der Waals surface area (Å²) in [4.78, 5) is 12.4. The molecule has 0 saturated carbocycles. The molecule has 4 nitrogen and oxygen atoms in total. The molecule has 0 spiro atoms. The summed E-state index contributed by atoms with van der Waals surface area (Å²) >= 11 is 0. The molecular weight excluding hydrogens is 189 g/mol. The summed E-state index contributed by atoms with van der Waals surface area (Å²) < 4.78 is 17.6. The summed E-state index contributed by atoms with van der Waals surface area (Å²) in [5.41, 5.74) is 0.391. The first-order chi connectivity index (χ1) is 6.68. The minimum Gasteiger partial charge on any atom is -0.505 e. The Morgan fingerprint density at radius 2 is 2.29 bits per heavy atom. The molecule has 1 fully saturated rings. The van der Waals surface area contributed by atoms with Crippen molar-refractivity contribution in [3.63, 3.8) is 0 Å². The van der Waals surface area contributed by atoms with Crippen LogP contribution in [0.5, 0.6) is 5.75 Å². The van der Waals surface area contributed by atoms with Crippen LogP contribution in [-0.4, -0.2) is 24.4 Å². The van der Waals surface area contributed by atoms with Gasteiger partial charge in [0, 0.05) is 6.07 Å². The summed E-state index contributed by atoms with van der Waals surface area (Å²) in [5.74, 6) is -1.18. The predicted octanol–water partition coefficient (Wildman–Crippen LogP) is 1.49. The molecular formula is C9H8FNO3. The van der Waals surface area contributed by atoms with Crippen molar-refractivity contribution in [1.82, 2.24) is 0 Å². The lowest BCUT2D eigenvalue weighted by Crippen LogP contribution is -2.23. The standard InChI is InChI=1S/C9H8FNO3/c10-7-5-6(1-2-8(7)12)11-3-4-14-9(11)13/h1-2,5,12H,3-4H2. The van der Waals surface area contributed by atoms with Crippen LogP contribution in [0.1, 0.15) is 0 Å². The Kier molecular flexibility index (Phi) is 1.99. The van der Waals surface area contributed by atoms with E-state index in [1.54, 1.807) is 0 Å². The van der Waals surface area contributed by atoms with Crippen molar-refractivity contribution < 1.29 is 19.0 Å². The number of ether oxygens (including phenoxy) is 1. The Balaban J connectivity index is 2.32. The fourth-order valence-corrected chi connectivity index (χ4v) is 1.29. The second-order valence-corrected chi connectivity index (χ2v) is 2.90. The van der Waals surface area contributed by atoms with Gasteiger partial charge >= 0.3 is 6.09 Å². The van der Waals surface area contributed by atoms with Crippen molar-refractivity contribution in [2.45, 2.75) is 0 Å². The number of phenols is 1. The van der Waals surface area contributed by atoms with Gasteiger partial charge in [-0.15, -0.1) is 0 Å². The number of rotatable bonds is 1. The van der Waals surface area contributed by atoms with E-state index in [1.165, 1.54) is 17.0 Å². The van der Waals surface area contributed by atoms with Gasteiger partial charge in [0.25, 0.3) is 0 Å². The number of hydrogen-bond donors (Lipinski definition) is 1. The van der Waals surface area contributed by atoms with E-state index in [-0.39, 0.29) is 0 Å². The van der Waals surface area contributed by atoms with Crippen LogP contribution in [0.2, 0.25) is 0 Å². The molecule has 2 rings (SSSR count). The van der Waals surface area contributed by atoms with Crippen molar-refractivity contribution in [1.29, 1.82) is 0 Å². The second-order valence-electron chi connectivity index (χ2n) is 2.90. The Morgan fingerprint density at radius 1 is 1.50 bits per heavy atom. The Bertz CT molecular complexity index is 380. The molecule has 0 unspecified atom stereocenters. The minimum atomic E-state index is -0.748. The molecule has 0 bridgehead atoms. The Hall–Kier alpha value is -1.78. The number of carbonyl (C=O) groups excluding carboxylic acids is 1. The zero-order valence-electron chi connectivity index (χ0n) is 7.24. The van der Waals surface area contributed by atoms with Gasteiger partial charge in [-0.05, 0) is 12.1 Å².